The lowest BCUT2D eigenvalue weighted by atomic mass is 10.3. The number of unbranched alkanes of at least 4 members (excludes halogenated alkanes) is 1. The molecule has 0 saturated heterocycles. The number of aliphatic hydroxyl groups is 1. The molecule has 0 aliphatic heterocycles. The number of nitrogens with one attached hydrogen (secondary N) is 1. The minimum absolute atomic E-state index is 0.0228. The van der Waals surface area contributed by atoms with Crippen molar-refractivity contribution in [1.29, 1.82) is 0 Å². The van der Waals surface area contributed by atoms with E-state index < -0.39 is 16.6 Å². The highest BCUT2D eigenvalue weighted by atomic mass is 16.6. The molecule has 1 aromatic rings. The highest BCUT2D eigenvalue weighted by molar-refractivity contribution is 5.96. The van der Waals surface area contributed by atoms with E-state index in [0.29, 0.717) is 18.8 Å². The number of amides is 1. The van der Waals surface area contributed by atoms with Crippen LogP contribution < -0.4 is 5.32 Å². The minimum Gasteiger partial charge on any atom is -0.395 e. The molecule has 0 unspecified atom stereocenters. The Morgan fingerprint density at radius 1 is 1.43 bits per heavy atom. The van der Waals surface area contributed by atoms with Gasteiger partial charge < -0.3 is 20.5 Å². The summed E-state index contributed by atoms with van der Waals surface area (Å²) in [4.78, 5) is 26.7. The fraction of sp³-hybridized carbons (Fsp3) is 0.692. The summed E-state index contributed by atoms with van der Waals surface area (Å²) in [6.07, 6.45) is 3.09. The molecule has 0 aliphatic rings. The van der Waals surface area contributed by atoms with Crippen LogP contribution in [0.15, 0.2) is 0 Å². The SMILES string of the molecule is CCCCn1c(CCC)nc([N+](=O)[O-])c1C(=O)NCCO. The Bertz CT molecular complexity index is 499. The summed E-state index contributed by atoms with van der Waals surface area (Å²) < 4.78 is 1.64. The fourth-order valence-electron chi connectivity index (χ4n) is 2.06. The van der Waals surface area contributed by atoms with Gasteiger partial charge in [0.25, 0.3) is 5.91 Å². The standard InChI is InChI=1S/C13H22N4O4/c1-3-5-8-16-10(6-4-2)15-12(17(20)21)11(16)13(19)14-7-9-18/h18H,3-9H2,1-2H3,(H,14,19). The van der Waals surface area contributed by atoms with Gasteiger partial charge in [-0.2, -0.15) is 0 Å². The van der Waals surface area contributed by atoms with Crippen LogP contribution in [0.2, 0.25) is 0 Å². The molecule has 21 heavy (non-hydrogen) atoms. The molecule has 1 aromatic heterocycles. The largest absolute Gasteiger partial charge is 0.395 e. The Morgan fingerprint density at radius 2 is 2.14 bits per heavy atom. The second kappa shape index (κ2) is 8.35. The zero-order chi connectivity index (χ0) is 15.8. The lowest BCUT2D eigenvalue weighted by molar-refractivity contribution is -0.389. The number of rotatable bonds is 9. The van der Waals surface area contributed by atoms with Crippen LogP contribution in [0.4, 0.5) is 5.82 Å². The van der Waals surface area contributed by atoms with Gasteiger partial charge in [0.1, 0.15) is 0 Å². The molecule has 118 valence electrons. The molecule has 0 atom stereocenters. The van der Waals surface area contributed by atoms with Crippen molar-refractivity contribution in [1.82, 2.24) is 14.9 Å². The summed E-state index contributed by atoms with van der Waals surface area (Å²) in [5.41, 5.74) is -0.0228. The van der Waals surface area contributed by atoms with Gasteiger partial charge in [0.2, 0.25) is 11.5 Å². The Balaban J connectivity index is 3.25. The monoisotopic (exact) mass is 298 g/mol. The van der Waals surface area contributed by atoms with Crippen LogP contribution in [-0.2, 0) is 13.0 Å². The fourth-order valence-corrected chi connectivity index (χ4v) is 2.06. The number of carbonyl (C=O) groups excluding carboxylic acids is 1. The van der Waals surface area contributed by atoms with Gasteiger partial charge in [-0.3, -0.25) is 9.36 Å². The van der Waals surface area contributed by atoms with Crippen molar-refractivity contribution >= 4 is 11.7 Å². The Labute approximate surface area is 123 Å². The molecule has 1 heterocycles. The average Bonchev–Trinajstić information content (AvgIpc) is 2.81. The van der Waals surface area contributed by atoms with E-state index in [4.69, 9.17) is 5.11 Å². The molecular formula is C13H22N4O4. The summed E-state index contributed by atoms with van der Waals surface area (Å²) in [5.74, 6) is -0.418. The van der Waals surface area contributed by atoms with Crippen molar-refractivity contribution < 1.29 is 14.8 Å². The van der Waals surface area contributed by atoms with Gasteiger partial charge in [-0.05, 0) is 22.7 Å². The number of aliphatic hydroxyl groups excluding tert-OH is 1. The van der Waals surface area contributed by atoms with Crippen molar-refractivity contribution in [3.8, 4) is 0 Å². The van der Waals surface area contributed by atoms with Gasteiger partial charge in [0, 0.05) is 19.5 Å². The van der Waals surface area contributed by atoms with Crippen LogP contribution in [0.5, 0.6) is 0 Å². The van der Waals surface area contributed by atoms with Crippen LogP contribution in [0.25, 0.3) is 0 Å². The van der Waals surface area contributed by atoms with Gasteiger partial charge in [-0.1, -0.05) is 20.3 Å². The van der Waals surface area contributed by atoms with Crippen LogP contribution in [0.1, 0.15) is 49.4 Å². The van der Waals surface area contributed by atoms with Crippen molar-refractivity contribution in [3.63, 3.8) is 0 Å². The van der Waals surface area contributed by atoms with E-state index in [1.54, 1.807) is 4.57 Å². The Hall–Kier alpha value is -1.96. The summed E-state index contributed by atoms with van der Waals surface area (Å²) in [6.45, 7) is 4.32. The third-order valence-electron chi connectivity index (χ3n) is 3.02. The molecule has 0 saturated carbocycles. The zero-order valence-electron chi connectivity index (χ0n) is 12.5. The predicted molar refractivity (Wildman–Crippen MR) is 77.2 cm³/mol. The van der Waals surface area contributed by atoms with E-state index in [0.717, 1.165) is 19.3 Å². The molecule has 1 amide bonds. The third-order valence-corrected chi connectivity index (χ3v) is 3.02. The van der Waals surface area contributed by atoms with Gasteiger partial charge in [-0.25, -0.2) is 0 Å². The quantitative estimate of drug-likeness (QED) is 0.527. The molecule has 1 rings (SSSR count). The van der Waals surface area contributed by atoms with Gasteiger partial charge in [0.15, 0.2) is 0 Å². The third kappa shape index (κ3) is 4.25. The van der Waals surface area contributed by atoms with Crippen molar-refractivity contribution in [3.05, 3.63) is 21.6 Å². The Kier molecular flexibility index (Phi) is 6.80. The zero-order valence-corrected chi connectivity index (χ0v) is 12.5. The lowest BCUT2D eigenvalue weighted by Gasteiger charge is -2.08. The van der Waals surface area contributed by atoms with Crippen molar-refractivity contribution in [2.45, 2.75) is 46.1 Å². The van der Waals surface area contributed by atoms with Gasteiger partial charge >= 0.3 is 5.82 Å². The molecule has 0 spiro atoms. The summed E-state index contributed by atoms with van der Waals surface area (Å²) in [6, 6.07) is 0. The first-order chi connectivity index (χ1) is 10.1. The maximum absolute atomic E-state index is 12.1. The van der Waals surface area contributed by atoms with E-state index in [-0.39, 0.29) is 18.8 Å². The van der Waals surface area contributed by atoms with Crippen molar-refractivity contribution in [2.24, 2.45) is 0 Å². The Morgan fingerprint density at radius 3 is 2.67 bits per heavy atom. The van der Waals surface area contributed by atoms with Crippen molar-refractivity contribution in [2.75, 3.05) is 13.2 Å². The first kappa shape index (κ1) is 17.1. The maximum atomic E-state index is 12.1. The number of imidazole rings is 1. The molecule has 8 nitrogen and oxygen atoms in total. The second-order valence-electron chi connectivity index (χ2n) is 4.69. The normalized spacial score (nSPS) is 10.6. The molecular weight excluding hydrogens is 276 g/mol. The van der Waals surface area contributed by atoms with E-state index in [1.165, 1.54) is 0 Å². The highest BCUT2D eigenvalue weighted by Crippen LogP contribution is 2.21. The number of nitrogens with zero attached hydrogens (tertiary/aromatic N) is 3. The lowest BCUT2D eigenvalue weighted by Crippen LogP contribution is -2.29. The summed E-state index contributed by atoms with van der Waals surface area (Å²) >= 11 is 0. The van der Waals surface area contributed by atoms with Crippen LogP contribution in [0.3, 0.4) is 0 Å². The molecule has 0 radical (unpaired) electrons. The number of nitro groups is 1. The van der Waals surface area contributed by atoms with E-state index in [9.17, 15) is 14.9 Å². The molecule has 8 heteroatoms. The molecule has 0 aliphatic carbocycles. The first-order valence-corrected chi connectivity index (χ1v) is 7.19. The number of carbonyl (C=O) groups is 1. The molecule has 2 N–H and O–H groups in total. The molecule has 0 aromatic carbocycles. The topological polar surface area (TPSA) is 110 Å². The number of hydrogen-bond donors (Lipinski definition) is 2. The second-order valence-corrected chi connectivity index (χ2v) is 4.69. The minimum atomic E-state index is -0.629. The van der Waals surface area contributed by atoms with E-state index >= 15 is 0 Å². The summed E-state index contributed by atoms with van der Waals surface area (Å²) in [5, 5.41) is 22.4. The number of aryl methyl sites for hydroxylation is 1. The smallest absolute Gasteiger partial charge is 0.395 e. The number of hydrogen-bond acceptors (Lipinski definition) is 5. The van der Waals surface area contributed by atoms with E-state index in [2.05, 4.69) is 10.3 Å². The van der Waals surface area contributed by atoms with Gasteiger partial charge in [0.05, 0.1) is 6.61 Å². The van der Waals surface area contributed by atoms with Crippen LogP contribution in [0, 0.1) is 10.1 Å². The first-order valence-electron chi connectivity index (χ1n) is 7.19. The molecule has 0 fully saturated rings. The van der Waals surface area contributed by atoms with Crippen LogP contribution >= 0.6 is 0 Å². The predicted octanol–water partition coefficient (Wildman–Crippen LogP) is 1.27. The molecule has 0 bridgehead atoms. The van der Waals surface area contributed by atoms with Crippen LogP contribution in [-0.4, -0.2) is 38.6 Å². The average molecular weight is 298 g/mol. The van der Waals surface area contributed by atoms with Gasteiger partial charge in [-0.15, -0.1) is 0 Å². The summed E-state index contributed by atoms with van der Waals surface area (Å²) in [7, 11) is 0. The maximum Gasteiger partial charge on any atom is 0.395 e. The number of aromatic nitrogens is 2. The van der Waals surface area contributed by atoms with E-state index in [1.807, 2.05) is 13.8 Å². The highest BCUT2D eigenvalue weighted by Gasteiger charge is 2.31.